The molecule has 0 saturated heterocycles. The van der Waals surface area contributed by atoms with Crippen LogP contribution in [0.5, 0.6) is 0 Å². The molecule has 2 heterocycles. The van der Waals surface area contributed by atoms with E-state index in [0.29, 0.717) is 24.7 Å². The summed E-state index contributed by atoms with van der Waals surface area (Å²) in [6.45, 7) is 1.38. The lowest BCUT2D eigenvalue weighted by molar-refractivity contribution is 0.559. The van der Waals surface area contributed by atoms with Crippen LogP contribution < -0.4 is 0 Å². The molecule has 3 aromatic rings. The Morgan fingerprint density at radius 1 is 0.955 bits per heavy atom. The van der Waals surface area contributed by atoms with Gasteiger partial charge in [-0.1, -0.05) is 50.1 Å². The average molecular weight is 428 g/mol. The number of halogens is 2. The van der Waals surface area contributed by atoms with E-state index in [1.165, 1.54) is 0 Å². The van der Waals surface area contributed by atoms with Gasteiger partial charge in [0.05, 0.1) is 13.1 Å². The Balaban J connectivity index is 1.93. The standard InChI is InChI=1S/C12H12Br2N8/c13-4-6-21-12(16-18-20-21)10-3-1-2-9(8-10)11-15-19-22(17-11)7-5-14/h1-3,8H,4-7H2. The maximum atomic E-state index is 4.35. The van der Waals surface area contributed by atoms with Crippen LogP contribution in [0.25, 0.3) is 22.8 Å². The number of aryl methyl sites for hydroxylation is 2. The van der Waals surface area contributed by atoms with Gasteiger partial charge in [0.1, 0.15) is 0 Å². The van der Waals surface area contributed by atoms with Crippen LogP contribution in [0.4, 0.5) is 0 Å². The average Bonchev–Trinajstić information content (AvgIpc) is 3.18. The van der Waals surface area contributed by atoms with Crippen LogP contribution in [0.3, 0.4) is 0 Å². The van der Waals surface area contributed by atoms with Gasteiger partial charge in [-0.25, -0.2) is 4.68 Å². The molecule has 0 unspecified atom stereocenters. The van der Waals surface area contributed by atoms with E-state index in [1.807, 2.05) is 24.3 Å². The lowest BCUT2D eigenvalue weighted by Gasteiger charge is -2.03. The number of hydrogen-bond acceptors (Lipinski definition) is 6. The lowest BCUT2D eigenvalue weighted by atomic mass is 10.1. The molecule has 0 saturated carbocycles. The molecular weight excluding hydrogens is 416 g/mol. The van der Waals surface area contributed by atoms with Crippen molar-refractivity contribution < 1.29 is 0 Å². The molecule has 2 aromatic heterocycles. The van der Waals surface area contributed by atoms with Gasteiger partial charge in [-0.05, 0) is 21.7 Å². The zero-order chi connectivity index (χ0) is 15.4. The van der Waals surface area contributed by atoms with Crippen LogP contribution in [0.15, 0.2) is 24.3 Å². The van der Waals surface area contributed by atoms with E-state index in [1.54, 1.807) is 9.48 Å². The predicted molar refractivity (Wildman–Crippen MR) is 87.7 cm³/mol. The fourth-order valence-corrected chi connectivity index (χ4v) is 2.62. The first kappa shape index (κ1) is 15.2. The Hall–Kier alpha value is -1.68. The molecule has 0 atom stereocenters. The summed E-state index contributed by atoms with van der Waals surface area (Å²) in [5.74, 6) is 1.30. The third kappa shape index (κ3) is 3.22. The van der Waals surface area contributed by atoms with Crippen molar-refractivity contribution >= 4 is 31.9 Å². The van der Waals surface area contributed by atoms with Crippen molar-refractivity contribution in [3.8, 4) is 22.8 Å². The first-order valence-electron chi connectivity index (χ1n) is 6.58. The first-order chi connectivity index (χ1) is 10.8. The predicted octanol–water partition coefficient (Wildman–Crippen LogP) is 1.78. The number of rotatable bonds is 6. The number of tetrazole rings is 2. The van der Waals surface area contributed by atoms with Crippen LogP contribution in [-0.2, 0) is 13.1 Å². The molecule has 114 valence electrons. The Morgan fingerprint density at radius 3 is 2.59 bits per heavy atom. The van der Waals surface area contributed by atoms with Crippen molar-refractivity contribution in [3.05, 3.63) is 24.3 Å². The smallest absolute Gasteiger partial charge is 0.204 e. The van der Waals surface area contributed by atoms with E-state index in [4.69, 9.17) is 0 Å². The highest BCUT2D eigenvalue weighted by atomic mass is 79.9. The minimum absolute atomic E-state index is 0.585. The summed E-state index contributed by atoms with van der Waals surface area (Å²) in [6, 6.07) is 7.80. The van der Waals surface area contributed by atoms with E-state index >= 15 is 0 Å². The molecule has 0 radical (unpaired) electrons. The monoisotopic (exact) mass is 426 g/mol. The molecule has 0 aliphatic heterocycles. The van der Waals surface area contributed by atoms with E-state index in [9.17, 15) is 0 Å². The van der Waals surface area contributed by atoms with Crippen LogP contribution in [0, 0.1) is 0 Å². The van der Waals surface area contributed by atoms with Crippen molar-refractivity contribution in [1.82, 2.24) is 40.4 Å². The molecule has 8 nitrogen and oxygen atoms in total. The quantitative estimate of drug-likeness (QED) is 0.557. The van der Waals surface area contributed by atoms with Gasteiger partial charge in [-0.2, -0.15) is 4.80 Å². The molecule has 1 aromatic carbocycles. The molecule has 0 aliphatic rings. The summed E-state index contributed by atoms with van der Waals surface area (Å²) in [5.41, 5.74) is 1.80. The molecule has 0 bridgehead atoms. The summed E-state index contributed by atoms with van der Waals surface area (Å²) in [6.07, 6.45) is 0. The number of alkyl halides is 2. The van der Waals surface area contributed by atoms with Crippen LogP contribution in [0.1, 0.15) is 0 Å². The highest BCUT2D eigenvalue weighted by Crippen LogP contribution is 2.22. The second-order valence-corrected chi connectivity index (χ2v) is 5.98. The number of hydrogen-bond donors (Lipinski definition) is 0. The van der Waals surface area contributed by atoms with Crippen molar-refractivity contribution in [2.24, 2.45) is 0 Å². The first-order valence-corrected chi connectivity index (χ1v) is 8.83. The highest BCUT2D eigenvalue weighted by molar-refractivity contribution is 9.09. The van der Waals surface area contributed by atoms with Gasteiger partial charge in [-0.15, -0.1) is 15.3 Å². The normalized spacial score (nSPS) is 11.0. The molecule has 0 amide bonds. The molecule has 0 aliphatic carbocycles. The maximum absolute atomic E-state index is 4.35. The molecule has 0 fully saturated rings. The van der Waals surface area contributed by atoms with E-state index < -0.39 is 0 Å². The van der Waals surface area contributed by atoms with Crippen molar-refractivity contribution in [2.45, 2.75) is 13.1 Å². The largest absolute Gasteiger partial charge is 0.225 e. The topological polar surface area (TPSA) is 87.2 Å². The maximum Gasteiger partial charge on any atom is 0.204 e. The molecule has 3 rings (SSSR count). The molecule has 0 N–H and O–H groups in total. The van der Waals surface area contributed by atoms with Gasteiger partial charge in [0.2, 0.25) is 5.82 Å². The number of nitrogens with zero attached hydrogens (tertiary/aromatic N) is 8. The molecule has 0 spiro atoms. The fraction of sp³-hybridized carbons (Fsp3) is 0.333. The Labute approximate surface area is 143 Å². The minimum atomic E-state index is 0.585. The van der Waals surface area contributed by atoms with Gasteiger partial charge in [-0.3, -0.25) is 0 Å². The van der Waals surface area contributed by atoms with Gasteiger partial charge in [0.15, 0.2) is 5.82 Å². The van der Waals surface area contributed by atoms with Crippen molar-refractivity contribution in [1.29, 1.82) is 0 Å². The van der Waals surface area contributed by atoms with Crippen LogP contribution in [0.2, 0.25) is 0 Å². The highest BCUT2D eigenvalue weighted by Gasteiger charge is 2.11. The lowest BCUT2D eigenvalue weighted by Crippen LogP contribution is -2.04. The van der Waals surface area contributed by atoms with Crippen molar-refractivity contribution in [2.75, 3.05) is 10.7 Å². The van der Waals surface area contributed by atoms with Gasteiger partial charge in [0.25, 0.3) is 0 Å². The van der Waals surface area contributed by atoms with E-state index in [0.717, 1.165) is 21.8 Å². The minimum Gasteiger partial charge on any atom is -0.225 e. The molecule has 22 heavy (non-hydrogen) atoms. The Morgan fingerprint density at radius 2 is 1.77 bits per heavy atom. The Bertz CT molecular complexity index is 753. The third-order valence-electron chi connectivity index (χ3n) is 2.94. The SMILES string of the molecule is BrCCn1nnc(-c2cccc(-c3nnnn3CCBr)c2)n1. The van der Waals surface area contributed by atoms with Crippen LogP contribution in [-0.4, -0.2) is 51.1 Å². The molecular formula is C12H12Br2N8. The summed E-state index contributed by atoms with van der Waals surface area (Å²) >= 11 is 6.75. The van der Waals surface area contributed by atoms with E-state index in [2.05, 4.69) is 62.8 Å². The zero-order valence-corrected chi connectivity index (χ0v) is 14.6. The molecule has 10 heteroatoms. The second kappa shape index (κ2) is 7.05. The summed E-state index contributed by atoms with van der Waals surface area (Å²) in [5, 5.41) is 25.8. The van der Waals surface area contributed by atoms with Crippen molar-refractivity contribution in [3.63, 3.8) is 0 Å². The zero-order valence-electron chi connectivity index (χ0n) is 11.5. The van der Waals surface area contributed by atoms with Gasteiger partial charge in [0, 0.05) is 21.8 Å². The summed E-state index contributed by atoms with van der Waals surface area (Å²) < 4.78 is 1.75. The fourth-order valence-electron chi connectivity index (χ4n) is 1.97. The number of benzene rings is 1. The van der Waals surface area contributed by atoms with E-state index in [-0.39, 0.29) is 0 Å². The van der Waals surface area contributed by atoms with Crippen LogP contribution >= 0.6 is 31.9 Å². The summed E-state index contributed by atoms with van der Waals surface area (Å²) in [7, 11) is 0. The summed E-state index contributed by atoms with van der Waals surface area (Å²) in [4.78, 5) is 1.56. The van der Waals surface area contributed by atoms with Gasteiger partial charge < -0.3 is 0 Å². The Kier molecular flexibility index (Phi) is 4.88. The third-order valence-corrected chi connectivity index (χ3v) is 3.65. The number of aromatic nitrogens is 8. The second-order valence-electron chi connectivity index (χ2n) is 4.39. The van der Waals surface area contributed by atoms with Gasteiger partial charge >= 0.3 is 0 Å².